The predicted molar refractivity (Wildman–Crippen MR) is 112 cm³/mol. The first-order valence-electron chi connectivity index (χ1n) is 9.78. The molecule has 0 N–H and O–H groups in total. The van der Waals surface area contributed by atoms with Crippen LogP contribution in [0.5, 0.6) is 0 Å². The van der Waals surface area contributed by atoms with Crippen LogP contribution in [0.2, 0.25) is 0 Å². The van der Waals surface area contributed by atoms with Gasteiger partial charge in [0.1, 0.15) is 0 Å². The van der Waals surface area contributed by atoms with Gasteiger partial charge in [-0.2, -0.15) is 30.0 Å². The fraction of sp³-hybridized carbons (Fsp3) is 0.550. The van der Waals surface area contributed by atoms with Crippen LogP contribution in [0.3, 0.4) is 0 Å². The number of pyridine rings is 1. The van der Waals surface area contributed by atoms with Gasteiger partial charge in [0.05, 0.1) is 42.5 Å². The van der Waals surface area contributed by atoms with Crippen LogP contribution in [0.15, 0.2) is 30.7 Å². The lowest BCUT2D eigenvalue weighted by molar-refractivity contribution is -0.129. The maximum Gasteiger partial charge on any atom is 0.389 e. The first kappa shape index (κ1) is 24.2. The summed E-state index contributed by atoms with van der Waals surface area (Å²) in [5.41, 5.74) is 2.27. The minimum absolute atomic E-state index is 0.0468. The largest absolute Gasteiger partial charge is 0.389 e. The average Bonchev–Trinajstić information content (AvgIpc) is 3.12. The molecule has 0 saturated heterocycles. The van der Waals surface area contributed by atoms with E-state index in [0.717, 1.165) is 29.6 Å². The summed E-state index contributed by atoms with van der Waals surface area (Å²) in [5, 5.41) is 4.63. The van der Waals surface area contributed by atoms with Gasteiger partial charge in [0.2, 0.25) is 5.91 Å². The van der Waals surface area contributed by atoms with E-state index < -0.39 is 12.6 Å². The highest BCUT2D eigenvalue weighted by atomic mass is 32.2. The number of hydrogen-bond donors (Lipinski definition) is 0. The highest BCUT2D eigenvalue weighted by molar-refractivity contribution is 7.99. The summed E-state index contributed by atoms with van der Waals surface area (Å²) in [6, 6.07) is 3.68. The number of carbonyl (C=O) groups is 1. The number of thioether (sulfide) groups is 1. The zero-order chi connectivity index (χ0) is 22.0. The van der Waals surface area contributed by atoms with E-state index in [1.165, 1.54) is 0 Å². The third-order valence-electron chi connectivity index (χ3n) is 4.27. The smallest absolute Gasteiger partial charge is 0.383 e. The number of halogens is 3. The average molecular weight is 445 g/mol. The number of carbonyl (C=O) groups excluding carboxylic acids is 1. The Bertz CT molecular complexity index is 784. The van der Waals surface area contributed by atoms with Gasteiger partial charge >= 0.3 is 6.18 Å². The monoisotopic (exact) mass is 444 g/mol. The third kappa shape index (κ3) is 7.64. The van der Waals surface area contributed by atoms with Gasteiger partial charge in [-0.25, -0.2) is 4.68 Å². The van der Waals surface area contributed by atoms with Crippen molar-refractivity contribution in [2.24, 2.45) is 0 Å². The van der Waals surface area contributed by atoms with E-state index in [0.29, 0.717) is 31.0 Å². The number of anilines is 1. The Balaban J connectivity index is 2.14. The van der Waals surface area contributed by atoms with Crippen LogP contribution in [0.1, 0.15) is 31.9 Å². The number of amides is 1. The maximum atomic E-state index is 12.9. The molecule has 30 heavy (non-hydrogen) atoms. The molecule has 0 saturated carbocycles. The molecule has 2 aromatic rings. The quantitative estimate of drug-likeness (QED) is 0.458. The molecule has 6 nitrogen and oxygen atoms in total. The minimum Gasteiger partial charge on any atom is -0.383 e. The molecular weight excluding hydrogens is 417 g/mol. The van der Waals surface area contributed by atoms with E-state index in [9.17, 15) is 18.0 Å². The molecule has 0 unspecified atom stereocenters. The lowest BCUT2D eigenvalue weighted by Crippen LogP contribution is -2.34. The van der Waals surface area contributed by atoms with E-state index in [4.69, 9.17) is 4.74 Å². The van der Waals surface area contributed by atoms with Crippen LogP contribution in [0.25, 0.3) is 5.69 Å². The van der Waals surface area contributed by atoms with Gasteiger partial charge in [0, 0.05) is 37.8 Å². The predicted octanol–water partition coefficient (Wildman–Crippen LogP) is 4.27. The van der Waals surface area contributed by atoms with Gasteiger partial charge in [-0.15, -0.1) is 0 Å². The molecule has 2 aromatic heterocycles. The number of alkyl halides is 3. The Morgan fingerprint density at radius 2 is 2.13 bits per heavy atom. The molecule has 2 rings (SSSR count). The molecule has 0 atom stereocenters. The van der Waals surface area contributed by atoms with Crippen molar-refractivity contribution < 1.29 is 22.7 Å². The highest BCUT2D eigenvalue weighted by Gasteiger charge is 2.26. The van der Waals surface area contributed by atoms with Crippen molar-refractivity contribution in [3.8, 4) is 5.69 Å². The van der Waals surface area contributed by atoms with Gasteiger partial charge in [-0.1, -0.05) is 13.3 Å². The van der Waals surface area contributed by atoms with E-state index in [1.54, 1.807) is 35.3 Å². The summed E-state index contributed by atoms with van der Waals surface area (Å²) in [4.78, 5) is 18.6. The number of aryl methyl sites for hydroxylation is 1. The fourth-order valence-corrected chi connectivity index (χ4v) is 3.71. The second-order valence-corrected chi connectivity index (χ2v) is 7.86. The van der Waals surface area contributed by atoms with Crippen molar-refractivity contribution in [3.05, 3.63) is 36.4 Å². The van der Waals surface area contributed by atoms with Crippen LogP contribution in [-0.2, 0) is 16.0 Å². The SMILES string of the molecule is CCCc1nn(-c2cccnc2)cc1N(CCOC)C(=O)CCSCCC(F)(F)F. The Morgan fingerprint density at radius 1 is 1.33 bits per heavy atom. The fourth-order valence-electron chi connectivity index (χ4n) is 2.81. The molecule has 10 heteroatoms. The van der Waals surface area contributed by atoms with Crippen molar-refractivity contribution in [1.82, 2.24) is 14.8 Å². The Labute approximate surface area is 178 Å². The molecule has 166 valence electrons. The van der Waals surface area contributed by atoms with Gasteiger partial charge < -0.3 is 9.64 Å². The normalized spacial score (nSPS) is 11.6. The standard InChI is InChI=1S/C20H27F3N4O2S/c1-3-5-17-18(15-27(25-17)16-6-4-9-24-14-16)26(10-11-29-2)19(28)7-12-30-13-8-20(21,22)23/h4,6,9,14-15H,3,5,7-8,10-13H2,1-2H3. The van der Waals surface area contributed by atoms with Crippen LogP contribution in [-0.4, -0.2) is 58.6 Å². The summed E-state index contributed by atoms with van der Waals surface area (Å²) in [6.07, 6.45) is 1.84. The Hall–Kier alpha value is -2.07. The van der Waals surface area contributed by atoms with Crippen molar-refractivity contribution in [2.75, 3.05) is 36.7 Å². The van der Waals surface area contributed by atoms with E-state index in [1.807, 2.05) is 19.1 Å². The minimum atomic E-state index is -4.17. The van der Waals surface area contributed by atoms with Crippen LogP contribution < -0.4 is 4.90 Å². The number of rotatable bonds is 12. The maximum absolute atomic E-state index is 12.9. The molecule has 0 aliphatic heterocycles. The Morgan fingerprint density at radius 3 is 2.77 bits per heavy atom. The zero-order valence-corrected chi connectivity index (χ0v) is 18.0. The van der Waals surface area contributed by atoms with Gasteiger partial charge in [0.15, 0.2) is 0 Å². The topological polar surface area (TPSA) is 60.3 Å². The van der Waals surface area contributed by atoms with Crippen molar-refractivity contribution in [1.29, 1.82) is 0 Å². The number of aromatic nitrogens is 3. The third-order valence-corrected chi connectivity index (χ3v) is 5.25. The lowest BCUT2D eigenvalue weighted by atomic mass is 10.2. The molecule has 0 aromatic carbocycles. The summed E-state index contributed by atoms with van der Waals surface area (Å²) in [7, 11) is 1.56. The second-order valence-electron chi connectivity index (χ2n) is 6.63. The molecule has 0 fully saturated rings. The summed E-state index contributed by atoms with van der Waals surface area (Å²) >= 11 is 1.13. The molecule has 2 heterocycles. The molecule has 0 aliphatic carbocycles. The summed E-state index contributed by atoms with van der Waals surface area (Å²) < 4.78 is 43.7. The van der Waals surface area contributed by atoms with Crippen molar-refractivity contribution >= 4 is 23.4 Å². The highest BCUT2D eigenvalue weighted by Crippen LogP contribution is 2.25. The van der Waals surface area contributed by atoms with Crippen molar-refractivity contribution in [3.63, 3.8) is 0 Å². The number of methoxy groups -OCH3 is 1. The first-order chi connectivity index (χ1) is 14.4. The zero-order valence-electron chi connectivity index (χ0n) is 17.2. The van der Waals surface area contributed by atoms with Gasteiger partial charge in [-0.3, -0.25) is 9.78 Å². The van der Waals surface area contributed by atoms with Gasteiger partial charge in [-0.05, 0) is 18.6 Å². The molecule has 0 bridgehead atoms. The Kier molecular flexibility index (Phi) is 9.64. The van der Waals surface area contributed by atoms with Crippen molar-refractivity contribution in [2.45, 2.75) is 38.8 Å². The lowest BCUT2D eigenvalue weighted by Gasteiger charge is -2.22. The number of hydrogen-bond acceptors (Lipinski definition) is 5. The van der Waals surface area contributed by atoms with E-state index >= 15 is 0 Å². The first-order valence-corrected chi connectivity index (χ1v) is 10.9. The van der Waals surface area contributed by atoms with Gasteiger partial charge in [0.25, 0.3) is 0 Å². The number of nitrogens with zero attached hydrogens (tertiary/aromatic N) is 4. The summed E-state index contributed by atoms with van der Waals surface area (Å²) in [6.45, 7) is 2.72. The molecular formula is C20H27F3N4O2S. The van der Waals surface area contributed by atoms with Crippen LogP contribution in [0, 0.1) is 0 Å². The summed E-state index contributed by atoms with van der Waals surface area (Å²) in [5.74, 6) is 0.127. The second kappa shape index (κ2) is 11.9. The molecule has 1 amide bonds. The van der Waals surface area contributed by atoms with E-state index in [2.05, 4.69) is 10.1 Å². The number of ether oxygens (including phenoxy) is 1. The molecule has 0 spiro atoms. The molecule has 0 aliphatic rings. The molecule has 0 radical (unpaired) electrons. The van der Waals surface area contributed by atoms with E-state index in [-0.39, 0.29) is 18.1 Å². The van der Waals surface area contributed by atoms with Crippen LogP contribution >= 0.6 is 11.8 Å². The van der Waals surface area contributed by atoms with Crippen LogP contribution in [0.4, 0.5) is 18.9 Å².